The van der Waals surface area contributed by atoms with E-state index in [0.717, 1.165) is 0 Å². The Morgan fingerprint density at radius 1 is 1.34 bits per heavy atom. The lowest BCUT2D eigenvalue weighted by molar-refractivity contribution is -0.134. The van der Waals surface area contributed by atoms with Gasteiger partial charge in [-0.2, -0.15) is 0 Å². The van der Waals surface area contributed by atoms with Gasteiger partial charge in [0.25, 0.3) is 0 Å². The van der Waals surface area contributed by atoms with Crippen LogP contribution in [0, 0.1) is 0 Å². The number of amides is 1. The van der Waals surface area contributed by atoms with Crippen LogP contribution in [0.2, 0.25) is 5.15 Å². The summed E-state index contributed by atoms with van der Waals surface area (Å²) in [6.45, 7) is 5.72. The molecular weight excluding hydrogens is 400 g/mol. The fourth-order valence-corrected chi connectivity index (χ4v) is 3.13. The lowest BCUT2D eigenvalue weighted by Crippen LogP contribution is -2.50. The van der Waals surface area contributed by atoms with Crippen molar-refractivity contribution in [2.75, 3.05) is 20.3 Å². The average Bonchev–Trinajstić information content (AvgIpc) is 3.10. The number of carbonyl (C=O) groups excluding carboxylic acids is 2. The Bertz CT molecular complexity index is 936. The number of aromatic nitrogens is 3. The Kier molecular flexibility index (Phi) is 6.09. The van der Waals surface area contributed by atoms with Crippen LogP contribution in [0.15, 0.2) is 30.7 Å². The molecule has 0 unspecified atom stereocenters. The van der Waals surface area contributed by atoms with Crippen LogP contribution in [0.3, 0.4) is 0 Å². The molecule has 156 valence electrons. The number of ether oxygens (including phenoxy) is 3. The molecule has 2 aromatic heterocycles. The van der Waals surface area contributed by atoms with Crippen LogP contribution in [0.1, 0.15) is 32.7 Å². The molecule has 0 N–H and O–H groups in total. The highest BCUT2D eigenvalue weighted by Crippen LogP contribution is 2.28. The molecule has 0 radical (unpaired) electrons. The summed E-state index contributed by atoms with van der Waals surface area (Å²) < 4.78 is 17.9. The van der Waals surface area contributed by atoms with E-state index in [9.17, 15) is 9.59 Å². The Morgan fingerprint density at radius 2 is 2.10 bits per heavy atom. The largest absolute Gasteiger partial charge is 0.466 e. The minimum Gasteiger partial charge on any atom is -0.466 e. The van der Waals surface area contributed by atoms with Gasteiger partial charge in [0.1, 0.15) is 23.0 Å². The summed E-state index contributed by atoms with van der Waals surface area (Å²) in [6, 6.07) is -0.489. The van der Waals surface area contributed by atoms with E-state index >= 15 is 0 Å². The molecule has 29 heavy (non-hydrogen) atoms. The number of methoxy groups -OCH3 is 1. The first-order chi connectivity index (χ1) is 13.7. The first-order valence-corrected chi connectivity index (χ1v) is 9.42. The molecule has 0 saturated carbocycles. The minimum atomic E-state index is -0.666. The topological polar surface area (TPSA) is 95.3 Å². The molecule has 0 bridgehead atoms. The van der Waals surface area contributed by atoms with Crippen LogP contribution < -0.4 is 0 Å². The van der Waals surface area contributed by atoms with Gasteiger partial charge in [0.15, 0.2) is 5.15 Å². The highest BCUT2D eigenvalue weighted by Gasteiger charge is 2.36. The number of hydrogen-bond donors (Lipinski definition) is 0. The fraction of sp³-hybridized carbons (Fsp3) is 0.474. The number of nitrogens with zero attached hydrogens (tertiary/aromatic N) is 4. The maximum absolute atomic E-state index is 12.8. The molecule has 2 atom stereocenters. The molecule has 0 aliphatic carbocycles. The van der Waals surface area contributed by atoms with Crippen LogP contribution in [0.25, 0.3) is 5.52 Å². The second-order valence-corrected chi connectivity index (χ2v) is 7.85. The van der Waals surface area contributed by atoms with E-state index in [4.69, 9.17) is 21.1 Å². The van der Waals surface area contributed by atoms with Crippen LogP contribution in [0.4, 0.5) is 4.79 Å². The summed E-state index contributed by atoms with van der Waals surface area (Å²) in [4.78, 5) is 34.2. The molecule has 1 aliphatic heterocycles. The third-order valence-electron chi connectivity index (χ3n) is 4.24. The van der Waals surface area contributed by atoms with E-state index < -0.39 is 29.8 Å². The van der Waals surface area contributed by atoms with Gasteiger partial charge < -0.3 is 14.2 Å². The van der Waals surface area contributed by atoms with Crippen molar-refractivity contribution in [1.82, 2.24) is 19.3 Å². The Hall–Kier alpha value is -2.65. The number of hydrogen-bond acceptors (Lipinski definition) is 7. The molecule has 1 saturated heterocycles. The van der Waals surface area contributed by atoms with Gasteiger partial charge in [-0.3, -0.25) is 9.30 Å². The van der Waals surface area contributed by atoms with Crippen molar-refractivity contribution in [2.45, 2.75) is 38.5 Å². The van der Waals surface area contributed by atoms with Crippen molar-refractivity contribution < 1.29 is 23.8 Å². The number of morpholine rings is 1. The SMILES string of the molecule is COC(=O)C=C[C@@H]1CO[C@@H](c2ncc3c(Cl)nccn23)CN1C(=O)OC(C)(C)C. The smallest absolute Gasteiger partial charge is 0.410 e. The summed E-state index contributed by atoms with van der Waals surface area (Å²) >= 11 is 6.12. The van der Waals surface area contributed by atoms with E-state index in [1.165, 1.54) is 18.1 Å². The third-order valence-corrected chi connectivity index (χ3v) is 4.53. The van der Waals surface area contributed by atoms with Gasteiger partial charge in [0, 0.05) is 18.5 Å². The molecule has 10 heteroatoms. The average molecular weight is 423 g/mol. The highest BCUT2D eigenvalue weighted by atomic mass is 35.5. The zero-order valence-corrected chi connectivity index (χ0v) is 17.4. The van der Waals surface area contributed by atoms with Gasteiger partial charge in [-0.05, 0) is 20.8 Å². The van der Waals surface area contributed by atoms with Crippen molar-refractivity contribution >= 4 is 29.2 Å². The van der Waals surface area contributed by atoms with Crippen LogP contribution in [-0.2, 0) is 19.0 Å². The normalized spacial score (nSPS) is 20.2. The van der Waals surface area contributed by atoms with Gasteiger partial charge in [0.05, 0.1) is 32.5 Å². The standard InChI is InChI=1S/C19H23ClN4O5/c1-19(2,3)29-18(26)24-10-14(28-11-12(24)5-6-15(25)27-4)17-22-9-13-16(20)21-7-8-23(13)17/h5-9,12,14H,10-11H2,1-4H3/t12-,14-/m1/s1. The molecule has 1 fully saturated rings. The van der Waals surface area contributed by atoms with Crippen molar-refractivity contribution in [3.8, 4) is 0 Å². The van der Waals surface area contributed by atoms with Crippen molar-refractivity contribution in [3.05, 3.63) is 41.7 Å². The highest BCUT2D eigenvalue weighted by molar-refractivity contribution is 6.32. The summed E-state index contributed by atoms with van der Waals surface area (Å²) in [7, 11) is 1.29. The number of rotatable bonds is 3. The van der Waals surface area contributed by atoms with Crippen LogP contribution in [-0.4, -0.2) is 63.2 Å². The summed E-state index contributed by atoms with van der Waals surface area (Å²) in [6.07, 6.45) is 6.72. The molecular formula is C19H23ClN4O5. The van der Waals surface area contributed by atoms with Crippen molar-refractivity contribution in [3.63, 3.8) is 0 Å². The van der Waals surface area contributed by atoms with Gasteiger partial charge in [0.2, 0.25) is 0 Å². The van der Waals surface area contributed by atoms with E-state index in [2.05, 4.69) is 14.7 Å². The number of halogens is 1. The summed E-state index contributed by atoms with van der Waals surface area (Å²) in [5.41, 5.74) is -0.0231. The van der Waals surface area contributed by atoms with Gasteiger partial charge in [-0.15, -0.1) is 0 Å². The van der Waals surface area contributed by atoms with Crippen molar-refractivity contribution in [2.24, 2.45) is 0 Å². The summed E-state index contributed by atoms with van der Waals surface area (Å²) in [5, 5.41) is 0.324. The lowest BCUT2D eigenvalue weighted by Gasteiger charge is -2.38. The maximum atomic E-state index is 12.8. The van der Waals surface area contributed by atoms with Crippen LogP contribution in [0.5, 0.6) is 0 Å². The second-order valence-electron chi connectivity index (χ2n) is 7.49. The fourth-order valence-electron chi connectivity index (χ4n) is 2.93. The lowest BCUT2D eigenvalue weighted by atomic mass is 10.1. The predicted octanol–water partition coefficient (Wildman–Crippen LogP) is 2.79. The Morgan fingerprint density at radius 3 is 2.79 bits per heavy atom. The number of carbonyl (C=O) groups is 2. The molecule has 2 aromatic rings. The molecule has 3 heterocycles. The Labute approximate surface area is 173 Å². The van der Waals surface area contributed by atoms with E-state index in [1.54, 1.807) is 49.8 Å². The maximum Gasteiger partial charge on any atom is 0.410 e. The van der Waals surface area contributed by atoms with Gasteiger partial charge in [-0.25, -0.2) is 19.6 Å². The molecule has 3 rings (SSSR count). The van der Waals surface area contributed by atoms with Gasteiger partial charge in [-0.1, -0.05) is 17.7 Å². The first-order valence-electron chi connectivity index (χ1n) is 9.04. The minimum absolute atomic E-state index is 0.158. The molecule has 0 spiro atoms. The quantitative estimate of drug-likeness (QED) is 0.554. The van der Waals surface area contributed by atoms with E-state index in [1.807, 2.05) is 0 Å². The van der Waals surface area contributed by atoms with Gasteiger partial charge >= 0.3 is 12.1 Å². The summed E-state index contributed by atoms with van der Waals surface area (Å²) in [5.74, 6) is 0.0749. The molecule has 1 aliphatic rings. The van der Waals surface area contributed by atoms with Crippen molar-refractivity contribution in [1.29, 1.82) is 0 Å². The van der Waals surface area contributed by atoms with Crippen LogP contribution >= 0.6 is 11.6 Å². The molecule has 9 nitrogen and oxygen atoms in total. The van der Waals surface area contributed by atoms with E-state index in [0.29, 0.717) is 16.5 Å². The predicted molar refractivity (Wildman–Crippen MR) is 105 cm³/mol. The number of fused-ring (bicyclic) bond motifs is 1. The molecule has 1 amide bonds. The Balaban J connectivity index is 1.88. The monoisotopic (exact) mass is 422 g/mol. The first kappa shape index (κ1) is 21.1. The zero-order chi connectivity index (χ0) is 21.2. The third kappa shape index (κ3) is 4.86. The number of imidazole rings is 1. The molecule has 0 aromatic carbocycles. The zero-order valence-electron chi connectivity index (χ0n) is 16.7. The second kappa shape index (κ2) is 8.38. The van der Waals surface area contributed by atoms with E-state index in [-0.39, 0.29) is 13.2 Å². The number of esters is 1.